The number of esters is 2. The highest BCUT2D eigenvalue weighted by molar-refractivity contribution is 8.01. The Morgan fingerprint density at radius 2 is 1.15 bits per heavy atom. The molecule has 0 fully saturated rings. The summed E-state index contributed by atoms with van der Waals surface area (Å²) in [5.41, 5.74) is 2.99. The van der Waals surface area contributed by atoms with Crippen molar-refractivity contribution < 1.29 is 19.1 Å². The number of carbonyl (C=O) groups excluding carboxylic acids is 2. The van der Waals surface area contributed by atoms with Crippen LogP contribution in [0, 0.1) is 13.8 Å². The van der Waals surface area contributed by atoms with Gasteiger partial charge in [0.1, 0.15) is 31.5 Å². The van der Waals surface area contributed by atoms with E-state index >= 15 is 0 Å². The summed E-state index contributed by atoms with van der Waals surface area (Å²) in [7, 11) is 4.22. The fraction of sp³-hybridized carbons (Fsp3) is 0.562. The van der Waals surface area contributed by atoms with E-state index < -0.39 is 22.8 Å². The van der Waals surface area contributed by atoms with Crippen LogP contribution in [0.5, 0.6) is 0 Å². The molecule has 2 aliphatic rings. The van der Waals surface area contributed by atoms with Crippen LogP contribution in [-0.2, 0) is 19.1 Å². The molecule has 14 nitrogen and oxygen atoms in total. The van der Waals surface area contributed by atoms with Gasteiger partial charge in [-0.3, -0.25) is 0 Å². The van der Waals surface area contributed by atoms with E-state index in [1.54, 1.807) is 23.5 Å². The molecule has 6 heterocycles. The predicted molar refractivity (Wildman–Crippen MR) is 221 cm³/mol. The van der Waals surface area contributed by atoms with Gasteiger partial charge in [-0.15, -0.1) is 43.9 Å². The van der Waals surface area contributed by atoms with Gasteiger partial charge in [0, 0.05) is 26.2 Å². The van der Waals surface area contributed by atoms with Gasteiger partial charge in [-0.25, -0.2) is 9.59 Å². The Labute approximate surface area is 347 Å². The van der Waals surface area contributed by atoms with E-state index in [1.807, 2.05) is 13.8 Å². The van der Waals surface area contributed by atoms with Crippen LogP contribution in [-0.4, -0.2) is 122 Å². The number of ether oxygens (including phenoxy) is 2. The maximum atomic E-state index is 13.3. The van der Waals surface area contributed by atoms with Crippen LogP contribution in [0.3, 0.4) is 0 Å². The van der Waals surface area contributed by atoms with Crippen molar-refractivity contribution in [2.24, 2.45) is 0 Å². The average molecular weight is 885 g/mol. The van der Waals surface area contributed by atoms with Gasteiger partial charge in [-0.05, 0) is 113 Å². The van der Waals surface area contributed by atoms with Gasteiger partial charge in [-0.1, -0.05) is 34.8 Å². The van der Waals surface area contributed by atoms with Crippen molar-refractivity contribution in [2.75, 3.05) is 51.8 Å². The summed E-state index contributed by atoms with van der Waals surface area (Å²) in [6.45, 7) is 7.51. The van der Waals surface area contributed by atoms with Crippen molar-refractivity contribution in [1.29, 1.82) is 0 Å². The Hall–Kier alpha value is -2.02. The maximum Gasteiger partial charge on any atom is 0.418 e. The molecule has 0 aromatic carbocycles. The predicted octanol–water partition coefficient (Wildman–Crippen LogP) is 6.92. The van der Waals surface area contributed by atoms with Gasteiger partial charge in [0.25, 0.3) is 0 Å². The Kier molecular flexibility index (Phi) is 16.1. The summed E-state index contributed by atoms with van der Waals surface area (Å²) in [5.74, 6) is -0.613. The molecule has 290 valence electrons. The molecular formula is C32H40N10O4S8. The minimum Gasteiger partial charge on any atom is -0.442 e. The number of aryl methyl sites for hydroxylation is 2. The Bertz CT molecular complexity index is 1780. The van der Waals surface area contributed by atoms with Crippen LogP contribution in [0.1, 0.15) is 59.9 Å². The molecule has 0 amide bonds. The van der Waals surface area contributed by atoms with Gasteiger partial charge in [0.2, 0.25) is 0 Å². The summed E-state index contributed by atoms with van der Waals surface area (Å²) in [5, 5.41) is 20.0. The van der Waals surface area contributed by atoms with Crippen LogP contribution in [0.4, 0.5) is 0 Å². The molecule has 6 rings (SSSR count). The zero-order valence-corrected chi connectivity index (χ0v) is 36.7. The molecule has 0 saturated heterocycles. The minimum atomic E-state index is -1.04. The van der Waals surface area contributed by atoms with Crippen LogP contribution >= 0.6 is 93.2 Å². The number of hydrogen-bond acceptors (Lipinski definition) is 22. The van der Waals surface area contributed by atoms with Gasteiger partial charge in [-0.2, -0.15) is 17.5 Å². The third-order valence-electron chi connectivity index (χ3n) is 7.98. The minimum absolute atomic E-state index is 0.494. The van der Waals surface area contributed by atoms with E-state index in [2.05, 4.69) is 73.9 Å². The quantitative estimate of drug-likeness (QED) is 0.0333. The zero-order valence-electron chi connectivity index (χ0n) is 30.2. The van der Waals surface area contributed by atoms with Crippen molar-refractivity contribution in [1.82, 2.24) is 47.7 Å². The summed E-state index contributed by atoms with van der Waals surface area (Å²) < 4.78 is 31.1. The van der Waals surface area contributed by atoms with Gasteiger partial charge in [0.05, 0.1) is 23.5 Å². The highest BCUT2D eigenvalue weighted by Gasteiger charge is 2.29. The number of rotatable bonds is 18. The molecule has 0 aliphatic carbocycles. The van der Waals surface area contributed by atoms with Crippen molar-refractivity contribution >= 4 is 116 Å². The molecule has 0 radical (unpaired) electrons. The number of carbonyl (C=O) groups is 2. The van der Waals surface area contributed by atoms with Gasteiger partial charge in [0.15, 0.2) is 19.6 Å². The molecule has 0 N–H and O–H groups in total. The van der Waals surface area contributed by atoms with Gasteiger partial charge < -0.3 is 19.3 Å². The fourth-order valence-corrected chi connectivity index (χ4v) is 12.8. The van der Waals surface area contributed by atoms with Gasteiger partial charge >= 0.3 is 11.9 Å². The van der Waals surface area contributed by atoms with Crippen LogP contribution in [0.2, 0.25) is 0 Å². The van der Waals surface area contributed by atoms with E-state index in [9.17, 15) is 9.59 Å². The number of aromatic nitrogens is 8. The molecule has 22 heteroatoms. The first kappa shape index (κ1) is 41.6. The molecule has 54 heavy (non-hydrogen) atoms. The smallest absolute Gasteiger partial charge is 0.418 e. The fourth-order valence-electron chi connectivity index (χ4n) is 5.41. The van der Waals surface area contributed by atoms with Crippen molar-refractivity contribution in [3.05, 3.63) is 33.6 Å². The third kappa shape index (κ3) is 12.5. The number of hydrogen-bond donors (Lipinski definition) is 0. The molecule has 2 atom stereocenters. The number of likely N-dealkylation sites (N-methyl/N-ethyl adjacent to an activating group) is 2. The van der Waals surface area contributed by atoms with E-state index in [4.69, 9.17) is 9.47 Å². The van der Waals surface area contributed by atoms with E-state index in [0.29, 0.717) is 34.4 Å². The van der Waals surface area contributed by atoms with Crippen molar-refractivity contribution in [2.45, 2.75) is 82.0 Å². The molecule has 2 aliphatic heterocycles. The summed E-state index contributed by atoms with van der Waals surface area (Å²) >= 11 is 11.1. The molecule has 4 aromatic rings. The summed E-state index contributed by atoms with van der Waals surface area (Å²) in [4.78, 5) is 31.1. The maximum absolute atomic E-state index is 13.3. The number of nitrogens with zero attached hydrogens (tertiary/aromatic N) is 10. The van der Waals surface area contributed by atoms with Crippen LogP contribution in [0.15, 0.2) is 30.9 Å². The summed E-state index contributed by atoms with van der Waals surface area (Å²) in [6, 6.07) is 0. The summed E-state index contributed by atoms with van der Waals surface area (Å²) in [6.07, 6.45) is 8.88. The first-order valence-electron chi connectivity index (χ1n) is 17.2. The molecule has 0 bridgehead atoms. The lowest BCUT2D eigenvalue weighted by Gasteiger charge is -2.22. The third-order valence-corrected chi connectivity index (χ3v) is 15.5. The van der Waals surface area contributed by atoms with Crippen LogP contribution in [0.25, 0.3) is 11.1 Å². The lowest BCUT2D eigenvalue weighted by Crippen LogP contribution is -2.28. The molecule has 2 unspecified atom stereocenters. The Morgan fingerprint density at radius 3 is 1.54 bits per heavy atom. The monoisotopic (exact) mass is 884 g/mol. The molecule has 4 aromatic heterocycles. The lowest BCUT2D eigenvalue weighted by molar-refractivity contribution is -0.169. The second kappa shape index (κ2) is 20.9. The zero-order chi connectivity index (χ0) is 37.9. The van der Waals surface area contributed by atoms with E-state index in [1.165, 1.54) is 80.8 Å². The normalized spacial score (nSPS) is 16.5. The van der Waals surface area contributed by atoms with Crippen LogP contribution < -0.4 is 0 Å². The topological polar surface area (TPSA) is 162 Å². The molecular weight excluding hydrogens is 845 g/mol. The van der Waals surface area contributed by atoms with E-state index in [0.717, 1.165) is 82.0 Å². The Balaban J connectivity index is 1.03. The standard InChI is InChI=1S/C32H40N10O4S8/c1-19-33-35-31(49-19)51-23(11-7-15-47-27-25(37-53-39-27)21-9-5-13-41(3)17-21)45-29(43)30(44)46-24(52-32-36-34-20(2)50-32)12-8-16-48-28-26(38-54-40-28)22-10-6-14-42(4)18-22/h9-10,23-24H,5-8,11-18H2,1-4H3. The first-order valence-corrected chi connectivity index (χ1v) is 24.0. The average Bonchev–Trinajstić information content (AvgIpc) is 3.97. The van der Waals surface area contributed by atoms with Crippen molar-refractivity contribution in [3.8, 4) is 0 Å². The highest BCUT2D eigenvalue weighted by atomic mass is 32.2. The number of thioether (sulfide) groups is 4. The van der Waals surface area contributed by atoms with Crippen molar-refractivity contribution in [3.63, 3.8) is 0 Å². The second-order valence-corrected chi connectivity index (χ2v) is 20.8. The Morgan fingerprint density at radius 1 is 0.704 bits per heavy atom. The highest BCUT2D eigenvalue weighted by Crippen LogP contribution is 2.35. The second-order valence-electron chi connectivity index (χ2n) is 12.4. The molecule has 0 spiro atoms. The first-order chi connectivity index (χ1) is 26.2. The lowest BCUT2D eigenvalue weighted by atomic mass is 10.1. The molecule has 0 saturated carbocycles. The largest absolute Gasteiger partial charge is 0.442 e. The SMILES string of the molecule is Cc1nnc(SC(CCCSc2nsnc2C2=CCCN(C)C2)OC(=O)C(=O)OC(CCCSc2nsnc2C2=CCCN(C)C2)Sc2nnc(C)s2)s1. The van der Waals surface area contributed by atoms with E-state index in [-0.39, 0.29) is 0 Å².